The average Bonchev–Trinajstić information content (AvgIpc) is 3.27. The van der Waals surface area contributed by atoms with Crippen molar-refractivity contribution >= 4 is 27.5 Å². The summed E-state index contributed by atoms with van der Waals surface area (Å²) in [4.78, 5) is 25.7. The van der Waals surface area contributed by atoms with E-state index in [4.69, 9.17) is 4.42 Å². The Hall–Kier alpha value is -3.66. The van der Waals surface area contributed by atoms with E-state index in [2.05, 4.69) is 10.0 Å². The summed E-state index contributed by atoms with van der Waals surface area (Å²) >= 11 is 0. The highest BCUT2D eigenvalue weighted by Crippen LogP contribution is 2.20. The Kier molecular flexibility index (Phi) is 6.71. The van der Waals surface area contributed by atoms with Crippen LogP contribution in [0.4, 0.5) is 10.1 Å². The summed E-state index contributed by atoms with van der Waals surface area (Å²) < 4.78 is 46.3. The van der Waals surface area contributed by atoms with Crippen LogP contribution < -0.4 is 10.0 Å². The Bertz CT molecular complexity index is 1180. The summed E-state index contributed by atoms with van der Waals surface area (Å²) in [5, 5.41) is 2.62. The Morgan fingerprint density at radius 2 is 1.84 bits per heavy atom. The molecule has 0 aliphatic rings. The molecule has 0 aliphatic carbocycles. The van der Waals surface area contributed by atoms with Gasteiger partial charge in [0.1, 0.15) is 11.6 Å². The summed E-state index contributed by atoms with van der Waals surface area (Å²) in [7, 11) is -2.70. The normalized spacial score (nSPS) is 11.0. The smallest absolute Gasteiger partial charge is 0.262 e. The number of furan rings is 1. The lowest BCUT2D eigenvalue weighted by atomic mass is 10.2. The first kappa shape index (κ1) is 22.0. The van der Waals surface area contributed by atoms with E-state index in [1.54, 1.807) is 12.1 Å². The van der Waals surface area contributed by atoms with Gasteiger partial charge in [-0.1, -0.05) is 18.2 Å². The van der Waals surface area contributed by atoms with Gasteiger partial charge in [0.15, 0.2) is 0 Å². The van der Waals surface area contributed by atoms with Crippen molar-refractivity contribution in [1.82, 2.24) is 10.2 Å². The number of likely N-dealkylation sites (N-methyl/N-ethyl adjacent to an activating group) is 1. The van der Waals surface area contributed by atoms with Gasteiger partial charge in [-0.05, 0) is 42.5 Å². The number of rotatable bonds is 8. The van der Waals surface area contributed by atoms with Gasteiger partial charge >= 0.3 is 0 Å². The van der Waals surface area contributed by atoms with Crippen LogP contribution in [0.25, 0.3) is 0 Å². The molecule has 2 aromatic carbocycles. The van der Waals surface area contributed by atoms with E-state index < -0.39 is 27.7 Å². The molecule has 3 aromatic rings. The van der Waals surface area contributed by atoms with Crippen molar-refractivity contribution in [3.8, 4) is 0 Å². The number of carbonyl (C=O) groups excluding carboxylic acids is 2. The summed E-state index contributed by atoms with van der Waals surface area (Å²) in [5.74, 6) is -1.10. The maximum Gasteiger partial charge on any atom is 0.262 e. The molecule has 2 N–H and O–H groups in total. The second-order valence-electron chi connectivity index (χ2n) is 6.63. The number of sulfonamides is 1. The summed E-state index contributed by atoms with van der Waals surface area (Å²) in [6.45, 7) is -0.0483. The molecule has 2 amide bonds. The molecule has 8 nitrogen and oxygen atoms in total. The Balaban J connectivity index is 1.67. The second kappa shape index (κ2) is 9.43. The first-order valence-electron chi connectivity index (χ1n) is 9.18. The van der Waals surface area contributed by atoms with E-state index in [0.717, 1.165) is 11.0 Å². The number of nitrogens with zero attached hydrogens (tertiary/aromatic N) is 1. The number of benzene rings is 2. The molecule has 3 rings (SSSR count). The van der Waals surface area contributed by atoms with E-state index in [1.807, 2.05) is 0 Å². The number of carbonyl (C=O) groups is 2. The van der Waals surface area contributed by atoms with Crippen LogP contribution in [-0.2, 0) is 21.4 Å². The third kappa shape index (κ3) is 5.70. The number of hydrogen-bond donors (Lipinski definition) is 2. The Morgan fingerprint density at radius 3 is 2.55 bits per heavy atom. The number of nitrogens with one attached hydrogen (secondary N) is 2. The first-order valence-corrected chi connectivity index (χ1v) is 10.7. The largest absolute Gasteiger partial charge is 0.467 e. The average molecular weight is 445 g/mol. The van der Waals surface area contributed by atoms with Crippen LogP contribution in [0.15, 0.2) is 76.2 Å². The van der Waals surface area contributed by atoms with E-state index >= 15 is 0 Å². The fourth-order valence-corrected chi connectivity index (χ4v) is 3.82. The molecule has 10 heteroatoms. The monoisotopic (exact) mass is 445 g/mol. The van der Waals surface area contributed by atoms with Gasteiger partial charge in [0.2, 0.25) is 5.91 Å². The summed E-state index contributed by atoms with van der Waals surface area (Å²) in [5.41, 5.74) is -0.137. The number of hydrogen-bond acceptors (Lipinski definition) is 5. The number of halogens is 1. The number of amides is 2. The minimum atomic E-state index is -4.12. The van der Waals surface area contributed by atoms with Crippen molar-refractivity contribution < 1.29 is 26.8 Å². The molecule has 0 radical (unpaired) electrons. The zero-order valence-electron chi connectivity index (χ0n) is 16.5. The van der Waals surface area contributed by atoms with Crippen LogP contribution in [0.5, 0.6) is 0 Å². The Morgan fingerprint density at radius 1 is 1.06 bits per heavy atom. The Labute approximate surface area is 178 Å². The van der Waals surface area contributed by atoms with Crippen LogP contribution in [0.1, 0.15) is 16.1 Å². The van der Waals surface area contributed by atoms with E-state index in [-0.39, 0.29) is 29.2 Å². The van der Waals surface area contributed by atoms with Crippen LogP contribution in [0, 0.1) is 5.82 Å². The number of anilines is 1. The molecule has 0 unspecified atom stereocenters. The molecule has 0 bridgehead atoms. The standard InChI is InChI=1S/C21H20FN3O5S/c1-25(14-20(26)23-13-16-7-5-11-30-16)21(27)15-6-4-8-17(12-15)31(28,29)24-19-10-3-2-9-18(19)22/h2-12,24H,13-14H2,1H3,(H,23,26). The van der Waals surface area contributed by atoms with Gasteiger partial charge in [0.05, 0.1) is 29.9 Å². The SMILES string of the molecule is CN(CC(=O)NCc1ccco1)C(=O)c1cccc(S(=O)(=O)Nc2ccccc2F)c1. The van der Waals surface area contributed by atoms with Crippen LogP contribution >= 0.6 is 0 Å². The minimum absolute atomic E-state index is 0.0674. The van der Waals surface area contributed by atoms with Crippen molar-refractivity contribution in [3.05, 3.63) is 84.1 Å². The van der Waals surface area contributed by atoms with Crippen molar-refractivity contribution in [2.45, 2.75) is 11.4 Å². The molecule has 1 aromatic heterocycles. The van der Waals surface area contributed by atoms with Crippen molar-refractivity contribution in [3.63, 3.8) is 0 Å². The quantitative estimate of drug-likeness (QED) is 0.554. The van der Waals surface area contributed by atoms with Crippen LogP contribution in [0.3, 0.4) is 0 Å². The topological polar surface area (TPSA) is 109 Å². The van der Waals surface area contributed by atoms with E-state index in [9.17, 15) is 22.4 Å². The predicted molar refractivity (Wildman–Crippen MR) is 111 cm³/mol. The molecular formula is C21H20FN3O5S. The van der Waals surface area contributed by atoms with Crippen molar-refractivity contribution in [1.29, 1.82) is 0 Å². The van der Waals surface area contributed by atoms with Gasteiger partial charge in [-0.2, -0.15) is 0 Å². The van der Waals surface area contributed by atoms with Crippen molar-refractivity contribution in [2.75, 3.05) is 18.3 Å². The summed E-state index contributed by atoms with van der Waals surface area (Å²) in [6.07, 6.45) is 1.49. The van der Waals surface area contributed by atoms with Gasteiger partial charge in [-0.3, -0.25) is 14.3 Å². The summed E-state index contributed by atoms with van der Waals surface area (Å²) in [6, 6.07) is 14.0. The van der Waals surface area contributed by atoms with E-state index in [1.165, 1.54) is 55.8 Å². The maximum absolute atomic E-state index is 13.8. The fraction of sp³-hybridized carbons (Fsp3) is 0.143. The van der Waals surface area contributed by atoms with Gasteiger partial charge < -0.3 is 14.6 Å². The molecule has 0 saturated carbocycles. The molecule has 0 fully saturated rings. The molecule has 1 heterocycles. The lowest BCUT2D eigenvalue weighted by Crippen LogP contribution is -2.38. The molecule has 0 saturated heterocycles. The molecule has 0 atom stereocenters. The molecular weight excluding hydrogens is 425 g/mol. The number of para-hydroxylation sites is 1. The second-order valence-corrected chi connectivity index (χ2v) is 8.31. The van der Waals surface area contributed by atoms with Gasteiger partial charge in [-0.15, -0.1) is 0 Å². The third-order valence-corrected chi connectivity index (χ3v) is 5.64. The molecule has 0 spiro atoms. The predicted octanol–water partition coefficient (Wildman–Crippen LogP) is 2.61. The zero-order chi connectivity index (χ0) is 22.4. The highest BCUT2D eigenvalue weighted by Gasteiger charge is 2.20. The van der Waals surface area contributed by atoms with Gasteiger partial charge in [0, 0.05) is 12.6 Å². The minimum Gasteiger partial charge on any atom is -0.467 e. The highest BCUT2D eigenvalue weighted by atomic mass is 32.2. The van der Waals surface area contributed by atoms with E-state index in [0.29, 0.717) is 5.76 Å². The third-order valence-electron chi connectivity index (χ3n) is 4.28. The molecule has 0 aliphatic heterocycles. The lowest BCUT2D eigenvalue weighted by molar-refractivity contribution is -0.121. The van der Waals surface area contributed by atoms with Crippen molar-refractivity contribution in [2.24, 2.45) is 0 Å². The fourth-order valence-electron chi connectivity index (χ4n) is 2.71. The van der Waals surface area contributed by atoms with Crippen LogP contribution in [-0.4, -0.2) is 38.7 Å². The van der Waals surface area contributed by atoms with Crippen LogP contribution in [0.2, 0.25) is 0 Å². The zero-order valence-corrected chi connectivity index (χ0v) is 17.4. The van der Waals surface area contributed by atoms with Gasteiger partial charge in [0.25, 0.3) is 15.9 Å². The van der Waals surface area contributed by atoms with Gasteiger partial charge in [-0.25, -0.2) is 12.8 Å². The lowest BCUT2D eigenvalue weighted by Gasteiger charge is -2.17. The highest BCUT2D eigenvalue weighted by molar-refractivity contribution is 7.92. The molecule has 162 valence electrons. The first-order chi connectivity index (χ1) is 14.8. The maximum atomic E-state index is 13.8. The molecule has 31 heavy (non-hydrogen) atoms.